The molecule has 1 saturated heterocycles. The molecule has 0 bridgehead atoms. The number of rotatable bonds is 8. The molecule has 0 spiro atoms. The van der Waals surface area contributed by atoms with E-state index in [4.69, 9.17) is 9.72 Å². The van der Waals surface area contributed by atoms with E-state index in [1.165, 1.54) is 57.8 Å². The van der Waals surface area contributed by atoms with Gasteiger partial charge in [-0.25, -0.2) is 9.78 Å². The van der Waals surface area contributed by atoms with Gasteiger partial charge in [-0.05, 0) is 43.7 Å². The number of fused-ring (bicyclic) bond motifs is 1. The fourth-order valence-corrected chi connectivity index (χ4v) is 7.24. The van der Waals surface area contributed by atoms with Gasteiger partial charge in [0.25, 0.3) is 5.69 Å². The number of aliphatic hydroxyl groups excluding tert-OH is 1. The van der Waals surface area contributed by atoms with Crippen LogP contribution in [0.4, 0.5) is 5.69 Å². The van der Waals surface area contributed by atoms with Gasteiger partial charge >= 0.3 is 5.97 Å². The van der Waals surface area contributed by atoms with E-state index in [-0.39, 0.29) is 35.9 Å². The molecule has 5 rings (SSSR count). The van der Waals surface area contributed by atoms with Crippen LogP contribution >= 0.6 is 23.1 Å². The van der Waals surface area contributed by atoms with Crippen LogP contribution in [0.25, 0.3) is 5.57 Å². The number of aromatic nitrogens is 1. The average Bonchev–Trinajstić information content (AvgIpc) is 3.44. The molecular formula is C26H28N4O6S2. The zero-order chi connectivity index (χ0) is 27.1. The summed E-state index contributed by atoms with van der Waals surface area (Å²) in [5.41, 5.74) is 2.86. The fraction of sp³-hybridized carbons (Fsp3) is 0.423. The van der Waals surface area contributed by atoms with Gasteiger partial charge in [-0.2, -0.15) is 0 Å². The number of non-ortho nitro benzene ring substituents is 1. The van der Waals surface area contributed by atoms with Crippen molar-refractivity contribution in [1.82, 2.24) is 14.8 Å². The number of aliphatic hydroxyl groups is 1. The van der Waals surface area contributed by atoms with Gasteiger partial charge in [-0.3, -0.25) is 14.9 Å². The Bertz CT molecular complexity index is 1340. The summed E-state index contributed by atoms with van der Waals surface area (Å²) in [6.07, 6.45) is 2.27. The number of esters is 1. The lowest BCUT2D eigenvalue weighted by Crippen LogP contribution is -2.63. The minimum absolute atomic E-state index is 0.0527. The number of ether oxygens (including phenoxy) is 1. The second-order valence-electron chi connectivity index (χ2n) is 9.81. The second kappa shape index (κ2) is 10.6. The minimum Gasteiger partial charge on any atom is -0.456 e. The number of β-lactam (4-membered cyclic amide) rings is 1. The third-order valence-corrected chi connectivity index (χ3v) is 9.46. The summed E-state index contributed by atoms with van der Waals surface area (Å²) >= 11 is 2.86. The van der Waals surface area contributed by atoms with Crippen molar-refractivity contribution in [3.05, 3.63) is 67.7 Å². The summed E-state index contributed by atoms with van der Waals surface area (Å²) in [6, 6.07) is 5.43. The number of nitro groups is 1. The minimum atomic E-state index is -0.837. The van der Waals surface area contributed by atoms with Crippen LogP contribution in [0.15, 0.2) is 50.7 Å². The van der Waals surface area contributed by atoms with E-state index in [2.05, 4.69) is 18.0 Å². The Kier molecular flexibility index (Phi) is 7.40. The maximum Gasteiger partial charge on any atom is 0.356 e. The van der Waals surface area contributed by atoms with Crippen molar-refractivity contribution in [3.8, 4) is 0 Å². The highest BCUT2D eigenvalue weighted by molar-refractivity contribution is 8.04. The molecule has 4 atom stereocenters. The number of thiazole rings is 1. The molecule has 2 aromatic rings. The van der Waals surface area contributed by atoms with Crippen LogP contribution in [0.1, 0.15) is 31.5 Å². The molecule has 0 saturated carbocycles. The Balaban J connectivity index is 1.39. The molecule has 12 heteroatoms. The summed E-state index contributed by atoms with van der Waals surface area (Å²) in [6.45, 7) is 5.29. The van der Waals surface area contributed by atoms with Gasteiger partial charge in [0.2, 0.25) is 5.91 Å². The third kappa shape index (κ3) is 4.89. The molecule has 0 unspecified atom stereocenters. The Morgan fingerprint density at radius 1 is 1.37 bits per heavy atom. The molecule has 1 aromatic heterocycles. The number of carbonyl (C=O) groups excluding carboxylic acids is 2. The maximum absolute atomic E-state index is 13.3. The van der Waals surface area contributed by atoms with E-state index in [0.717, 1.165) is 29.5 Å². The van der Waals surface area contributed by atoms with Crippen molar-refractivity contribution in [2.75, 3.05) is 20.1 Å². The lowest BCUT2D eigenvalue weighted by atomic mass is 9.79. The lowest BCUT2D eigenvalue weighted by molar-refractivity contribution is -0.384. The van der Waals surface area contributed by atoms with E-state index in [1.54, 1.807) is 6.92 Å². The molecule has 3 aliphatic heterocycles. The Labute approximate surface area is 228 Å². The molecule has 1 aromatic carbocycles. The molecule has 0 radical (unpaired) electrons. The molecule has 3 aliphatic rings. The highest BCUT2D eigenvalue weighted by Gasteiger charge is 2.60. The summed E-state index contributed by atoms with van der Waals surface area (Å²) in [4.78, 5) is 45.9. The Hall–Kier alpha value is -3.06. The smallest absolute Gasteiger partial charge is 0.356 e. The van der Waals surface area contributed by atoms with Crippen LogP contribution in [0.3, 0.4) is 0 Å². The van der Waals surface area contributed by atoms with Crippen molar-refractivity contribution >= 4 is 46.2 Å². The normalized spacial score (nSPS) is 24.1. The number of hydrogen-bond donors (Lipinski definition) is 1. The number of hydrogen-bond acceptors (Lipinski definition) is 10. The molecule has 1 fully saturated rings. The molecule has 4 heterocycles. The number of nitrogens with zero attached hydrogens (tertiary/aromatic N) is 4. The van der Waals surface area contributed by atoms with Crippen molar-refractivity contribution in [2.24, 2.45) is 11.8 Å². The van der Waals surface area contributed by atoms with Gasteiger partial charge < -0.3 is 19.6 Å². The fourth-order valence-electron chi connectivity index (χ4n) is 5.13. The van der Waals surface area contributed by atoms with E-state index in [0.29, 0.717) is 10.5 Å². The zero-order valence-electron chi connectivity index (χ0n) is 21.2. The van der Waals surface area contributed by atoms with Crippen LogP contribution in [-0.2, 0) is 20.9 Å². The third-order valence-electron chi connectivity index (χ3n) is 7.24. The molecule has 1 N–H and O–H groups in total. The lowest BCUT2D eigenvalue weighted by Gasteiger charge is -2.46. The second-order valence-corrected chi connectivity index (χ2v) is 12.0. The number of thioether (sulfide) groups is 1. The number of amides is 1. The molecule has 38 heavy (non-hydrogen) atoms. The first kappa shape index (κ1) is 26.5. The first-order chi connectivity index (χ1) is 18.2. The first-order valence-corrected chi connectivity index (χ1v) is 14.0. The van der Waals surface area contributed by atoms with Crippen molar-refractivity contribution in [3.63, 3.8) is 0 Å². The van der Waals surface area contributed by atoms with Crippen LogP contribution < -0.4 is 0 Å². The van der Waals surface area contributed by atoms with Crippen LogP contribution in [0.2, 0.25) is 0 Å². The zero-order valence-corrected chi connectivity index (χ0v) is 22.8. The predicted molar refractivity (Wildman–Crippen MR) is 143 cm³/mol. The van der Waals surface area contributed by atoms with Crippen molar-refractivity contribution < 1.29 is 24.4 Å². The summed E-state index contributed by atoms with van der Waals surface area (Å²) in [7, 11) is 2.08. The van der Waals surface area contributed by atoms with Gasteiger partial charge in [0.05, 0.1) is 28.7 Å². The van der Waals surface area contributed by atoms with Crippen LogP contribution in [0, 0.1) is 22.0 Å². The standard InChI is InChI=1S/C26H28N4O6S2/c1-14-21-20(15(2)31)24(32)29(21)22(25(33)36-12-16-4-6-18(7-5-16)30(34)35)23(14)38-26-27-19(13-37-26)17-8-10-28(3)11-9-17/h4-8,13-15,20-21,31H,9-12H2,1-3H3/t14-,15-,20-,21-/m1/s1. The maximum atomic E-state index is 13.3. The van der Waals surface area contributed by atoms with E-state index >= 15 is 0 Å². The van der Waals surface area contributed by atoms with Gasteiger partial charge in [0.1, 0.15) is 12.3 Å². The average molecular weight is 557 g/mol. The molecular weight excluding hydrogens is 528 g/mol. The highest BCUT2D eigenvalue weighted by atomic mass is 32.2. The molecule has 10 nitrogen and oxygen atoms in total. The van der Waals surface area contributed by atoms with Crippen molar-refractivity contribution in [1.29, 1.82) is 0 Å². The number of nitro benzene ring substituents is 1. The van der Waals surface area contributed by atoms with E-state index in [1.807, 2.05) is 12.3 Å². The Morgan fingerprint density at radius 3 is 2.74 bits per heavy atom. The monoisotopic (exact) mass is 556 g/mol. The summed E-state index contributed by atoms with van der Waals surface area (Å²) in [5, 5.41) is 23.1. The first-order valence-electron chi connectivity index (χ1n) is 12.3. The molecule has 0 aliphatic carbocycles. The summed E-state index contributed by atoms with van der Waals surface area (Å²) < 4.78 is 6.34. The molecule has 1 amide bonds. The molecule has 200 valence electrons. The number of likely N-dealkylation sites (N-methyl/N-ethyl adjacent to an activating group) is 1. The van der Waals surface area contributed by atoms with Crippen molar-refractivity contribution in [2.45, 2.75) is 43.4 Å². The quantitative estimate of drug-likeness (QED) is 0.224. The van der Waals surface area contributed by atoms with Crippen LogP contribution in [0.5, 0.6) is 0 Å². The Morgan fingerprint density at radius 2 is 2.11 bits per heavy atom. The van der Waals surface area contributed by atoms with Gasteiger partial charge in [-0.1, -0.05) is 24.8 Å². The number of benzene rings is 1. The SMILES string of the molecule is C[C@@H](O)[C@H]1C(=O)N2C(C(=O)OCc3ccc([N+](=O)[O-])cc3)=C(Sc3nc(C4=CCN(C)CC4)cs3)[C@H](C)[C@H]12. The predicted octanol–water partition coefficient (Wildman–Crippen LogP) is 3.67. The van der Waals surface area contributed by atoms with Gasteiger partial charge in [0.15, 0.2) is 4.34 Å². The highest BCUT2D eigenvalue weighted by Crippen LogP contribution is 2.52. The summed E-state index contributed by atoms with van der Waals surface area (Å²) in [5.74, 6) is -1.72. The number of carbonyl (C=O) groups is 2. The van der Waals surface area contributed by atoms with Crippen LogP contribution in [-0.4, -0.2) is 69.0 Å². The van der Waals surface area contributed by atoms with Gasteiger partial charge in [-0.15, -0.1) is 11.3 Å². The largest absolute Gasteiger partial charge is 0.456 e. The van der Waals surface area contributed by atoms with E-state index < -0.39 is 22.9 Å². The topological polar surface area (TPSA) is 126 Å². The van der Waals surface area contributed by atoms with E-state index in [9.17, 15) is 24.8 Å². The van der Waals surface area contributed by atoms with Gasteiger partial charge in [0, 0.05) is 41.4 Å².